The molecular formula is C19H30N2O3S. The van der Waals surface area contributed by atoms with Crippen LogP contribution in [-0.2, 0) is 21.2 Å². The van der Waals surface area contributed by atoms with Gasteiger partial charge in [-0.3, -0.25) is 4.79 Å². The number of carbonyl (C=O) groups is 1. The minimum atomic E-state index is -3.51. The number of aryl methyl sites for hydroxylation is 1. The van der Waals surface area contributed by atoms with Crippen molar-refractivity contribution in [2.75, 3.05) is 18.8 Å². The highest BCUT2D eigenvalue weighted by Crippen LogP contribution is 2.15. The van der Waals surface area contributed by atoms with Gasteiger partial charge in [-0.25, -0.2) is 13.1 Å². The summed E-state index contributed by atoms with van der Waals surface area (Å²) in [4.78, 5) is 14.6. The van der Waals surface area contributed by atoms with Gasteiger partial charge in [-0.15, -0.1) is 0 Å². The Balaban J connectivity index is 2.00. The summed E-state index contributed by atoms with van der Waals surface area (Å²) >= 11 is 0. The molecule has 1 amide bonds. The Morgan fingerprint density at radius 3 is 2.36 bits per heavy atom. The third kappa shape index (κ3) is 6.78. The zero-order valence-electron chi connectivity index (χ0n) is 15.3. The number of rotatable bonds is 8. The Labute approximate surface area is 151 Å². The van der Waals surface area contributed by atoms with E-state index in [1.165, 1.54) is 0 Å². The molecular weight excluding hydrogens is 336 g/mol. The van der Waals surface area contributed by atoms with E-state index in [4.69, 9.17) is 0 Å². The number of carbonyl (C=O) groups excluding carboxylic acids is 1. The van der Waals surface area contributed by atoms with Crippen LogP contribution in [0.15, 0.2) is 30.3 Å². The summed E-state index contributed by atoms with van der Waals surface area (Å²) < 4.78 is 27.7. The van der Waals surface area contributed by atoms with E-state index in [9.17, 15) is 13.2 Å². The van der Waals surface area contributed by atoms with E-state index in [-0.39, 0.29) is 17.6 Å². The zero-order chi connectivity index (χ0) is 18.3. The molecule has 1 N–H and O–H groups in total. The van der Waals surface area contributed by atoms with E-state index in [2.05, 4.69) is 4.72 Å². The number of benzene rings is 1. The molecule has 0 radical (unpaired) electrons. The smallest absolute Gasteiger partial charge is 0.240 e. The first-order chi connectivity index (χ1) is 11.9. The molecule has 0 unspecified atom stereocenters. The molecule has 1 fully saturated rings. The van der Waals surface area contributed by atoms with Crippen LogP contribution in [0.25, 0.3) is 0 Å². The first-order valence-electron chi connectivity index (χ1n) is 9.20. The number of likely N-dealkylation sites (tertiary alicyclic amines) is 1. The Morgan fingerprint density at radius 1 is 1.12 bits per heavy atom. The topological polar surface area (TPSA) is 66.5 Å². The molecule has 0 aliphatic carbocycles. The highest BCUT2D eigenvalue weighted by Gasteiger charge is 2.29. The molecule has 1 aromatic carbocycles. The highest BCUT2D eigenvalue weighted by molar-refractivity contribution is 7.89. The van der Waals surface area contributed by atoms with Gasteiger partial charge in [-0.2, -0.15) is 0 Å². The molecule has 1 aliphatic heterocycles. The van der Waals surface area contributed by atoms with Gasteiger partial charge in [0.25, 0.3) is 0 Å². The van der Waals surface area contributed by atoms with Crippen LogP contribution >= 0.6 is 0 Å². The number of hydrogen-bond donors (Lipinski definition) is 1. The van der Waals surface area contributed by atoms with E-state index < -0.39 is 16.1 Å². The molecule has 0 spiro atoms. The third-order valence-electron chi connectivity index (χ3n) is 4.50. The summed E-state index contributed by atoms with van der Waals surface area (Å²) in [5.74, 6) is 0.172. The predicted octanol–water partition coefficient (Wildman–Crippen LogP) is 2.58. The van der Waals surface area contributed by atoms with Crippen LogP contribution in [0.3, 0.4) is 0 Å². The van der Waals surface area contributed by atoms with E-state index in [0.717, 1.165) is 37.9 Å². The van der Waals surface area contributed by atoms with E-state index in [0.29, 0.717) is 12.8 Å². The lowest BCUT2D eigenvalue weighted by molar-refractivity contribution is -0.134. The van der Waals surface area contributed by atoms with Crippen LogP contribution < -0.4 is 4.72 Å². The van der Waals surface area contributed by atoms with E-state index in [1.54, 1.807) is 0 Å². The lowest BCUT2D eigenvalue weighted by atomic mass is 10.0. The van der Waals surface area contributed by atoms with Crippen LogP contribution in [0.2, 0.25) is 0 Å². The van der Waals surface area contributed by atoms with E-state index in [1.807, 2.05) is 49.1 Å². The van der Waals surface area contributed by atoms with Gasteiger partial charge < -0.3 is 4.90 Å². The quantitative estimate of drug-likeness (QED) is 0.769. The van der Waals surface area contributed by atoms with Crippen LogP contribution in [0.4, 0.5) is 0 Å². The monoisotopic (exact) mass is 366 g/mol. The van der Waals surface area contributed by atoms with Crippen LogP contribution in [0, 0.1) is 5.92 Å². The first kappa shape index (κ1) is 19.9. The number of amides is 1. The minimum Gasteiger partial charge on any atom is -0.341 e. The number of sulfonamides is 1. The Kier molecular flexibility index (Phi) is 7.44. The minimum absolute atomic E-state index is 0.00110. The summed E-state index contributed by atoms with van der Waals surface area (Å²) in [6, 6.07) is 8.89. The van der Waals surface area contributed by atoms with Crippen molar-refractivity contribution in [3.8, 4) is 0 Å². The van der Waals surface area contributed by atoms with Gasteiger partial charge in [-0.1, -0.05) is 44.2 Å². The number of nitrogens with zero attached hydrogens (tertiary/aromatic N) is 1. The van der Waals surface area contributed by atoms with Gasteiger partial charge in [0.1, 0.15) is 6.04 Å². The highest BCUT2D eigenvalue weighted by atomic mass is 32.2. The van der Waals surface area contributed by atoms with Crippen molar-refractivity contribution >= 4 is 15.9 Å². The van der Waals surface area contributed by atoms with Crippen LogP contribution in [-0.4, -0.2) is 44.1 Å². The van der Waals surface area contributed by atoms with Gasteiger partial charge >= 0.3 is 0 Å². The molecule has 1 aromatic rings. The fourth-order valence-corrected chi connectivity index (χ4v) is 4.43. The van der Waals surface area contributed by atoms with Crippen LogP contribution in [0.5, 0.6) is 0 Å². The first-order valence-corrected chi connectivity index (χ1v) is 10.9. The summed E-state index contributed by atoms with van der Waals surface area (Å²) in [6.07, 6.45) is 4.12. The molecule has 6 heteroatoms. The van der Waals surface area contributed by atoms with Crippen molar-refractivity contribution in [2.45, 2.75) is 52.0 Å². The van der Waals surface area contributed by atoms with E-state index >= 15 is 0 Å². The van der Waals surface area contributed by atoms with Crippen molar-refractivity contribution in [1.29, 1.82) is 0 Å². The normalized spacial score (nSPS) is 16.8. The second-order valence-electron chi connectivity index (χ2n) is 7.24. The average molecular weight is 367 g/mol. The molecule has 1 atom stereocenters. The van der Waals surface area contributed by atoms with Crippen molar-refractivity contribution in [3.05, 3.63) is 35.9 Å². The summed E-state index contributed by atoms with van der Waals surface area (Å²) in [5.41, 5.74) is 0.982. The third-order valence-corrected chi connectivity index (χ3v) is 5.88. The van der Waals surface area contributed by atoms with Crippen molar-refractivity contribution in [2.24, 2.45) is 5.92 Å². The standard InChI is InChI=1S/C19H30N2O3S/c1-16(2)15-18(19(22)21-12-7-4-8-13-21)20-25(23,24)14-11-17-9-5-3-6-10-17/h3,5-6,9-10,16,18,20H,4,7-8,11-15H2,1-2H3/t18-/m0/s1. The number of hydrogen-bond acceptors (Lipinski definition) is 3. The van der Waals surface area contributed by atoms with Crippen molar-refractivity contribution < 1.29 is 13.2 Å². The molecule has 1 heterocycles. The van der Waals surface area contributed by atoms with Gasteiger partial charge in [0.15, 0.2) is 0 Å². The number of nitrogens with one attached hydrogen (secondary N) is 1. The number of piperidine rings is 1. The SMILES string of the molecule is CC(C)C[C@H](NS(=O)(=O)CCc1ccccc1)C(=O)N1CCCCC1. The summed E-state index contributed by atoms with van der Waals surface area (Å²) in [7, 11) is -3.51. The molecule has 2 rings (SSSR count). The Hall–Kier alpha value is -1.40. The summed E-state index contributed by atoms with van der Waals surface area (Å²) in [6.45, 7) is 5.49. The predicted molar refractivity (Wildman–Crippen MR) is 101 cm³/mol. The Morgan fingerprint density at radius 2 is 1.76 bits per heavy atom. The van der Waals surface area contributed by atoms with Crippen LogP contribution in [0.1, 0.15) is 45.1 Å². The maximum atomic E-state index is 12.8. The molecule has 1 saturated heterocycles. The zero-order valence-corrected chi connectivity index (χ0v) is 16.1. The average Bonchev–Trinajstić information content (AvgIpc) is 2.60. The molecule has 1 aliphatic rings. The molecule has 0 bridgehead atoms. The fraction of sp³-hybridized carbons (Fsp3) is 0.632. The summed E-state index contributed by atoms with van der Waals surface area (Å²) in [5, 5.41) is 0. The Bertz CT molecular complexity index is 638. The van der Waals surface area contributed by atoms with Crippen molar-refractivity contribution in [1.82, 2.24) is 9.62 Å². The molecule has 0 aromatic heterocycles. The molecule has 140 valence electrons. The molecule has 25 heavy (non-hydrogen) atoms. The fourth-order valence-electron chi connectivity index (χ4n) is 3.18. The van der Waals surface area contributed by atoms with Gasteiger partial charge in [0.2, 0.25) is 15.9 Å². The lowest BCUT2D eigenvalue weighted by Crippen LogP contribution is -2.51. The molecule has 0 saturated carbocycles. The second-order valence-corrected chi connectivity index (χ2v) is 9.11. The maximum Gasteiger partial charge on any atom is 0.240 e. The molecule has 5 nitrogen and oxygen atoms in total. The maximum absolute atomic E-state index is 12.8. The largest absolute Gasteiger partial charge is 0.341 e. The van der Waals surface area contributed by atoms with Gasteiger partial charge in [0, 0.05) is 13.1 Å². The lowest BCUT2D eigenvalue weighted by Gasteiger charge is -2.31. The van der Waals surface area contributed by atoms with Gasteiger partial charge in [-0.05, 0) is 43.6 Å². The van der Waals surface area contributed by atoms with Gasteiger partial charge in [0.05, 0.1) is 5.75 Å². The second kappa shape index (κ2) is 9.34. The van der Waals surface area contributed by atoms with Crippen molar-refractivity contribution in [3.63, 3.8) is 0 Å².